The van der Waals surface area contributed by atoms with Gasteiger partial charge in [0.2, 0.25) is 0 Å². The van der Waals surface area contributed by atoms with Gasteiger partial charge in [0, 0.05) is 6.42 Å². The van der Waals surface area contributed by atoms with Gasteiger partial charge < -0.3 is 10.1 Å². The Labute approximate surface area is 131 Å². The predicted octanol–water partition coefficient (Wildman–Crippen LogP) is 4.07. The molecule has 3 nitrogen and oxygen atoms in total. The Morgan fingerprint density at radius 3 is 2.36 bits per heavy atom. The predicted molar refractivity (Wildman–Crippen MR) is 87.0 cm³/mol. The van der Waals surface area contributed by atoms with Gasteiger partial charge in [-0.1, -0.05) is 60.7 Å². The highest BCUT2D eigenvalue weighted by Gasteiger charge is 2.14. The molecule has 0 saturated heterocycles. The minimum Gasteiger partial charge on any atom is -0.445 e. The van der Waals surface area contributed by atoms with Crippen molar-refractivity contribution in [2.75, 3.05) is 0 Å². The molecule has 0 fully saturated rings. The lowest BCUT2D eigenvalue weighted by Crippen LogP contribution is -2.28. The van der Waals surface area contributed by atoms with E-state index in [-0.39, 0.29) is 12.6 Å². The number of amides is 1. The summed E-state index contributed by atoms with van der Waals surface area (Å²) in [6.45, 7) is 2.05. The Morgan fingerprint density at radius 1 is 1.09 bits per heavy atom. The fourth-order valence-corrected chi connectivity index (χ4v) is 2.05. The zero-order chi connectivity index (χ0) is 15.6. The molecule has 112 valence electrons. The van der Waals surface area contributed by atoms with Crippen molar-refractivity contribution in [2.45, 2.75) is 26.0 Å². The van der Waals surface area contributed by atoms with Crippen molar-refractivity contribution in [1.82, 2.24) is 5.32 Å². The molecule has 1 N–H and O–H groups in total. The molecular weight excluding hydrogens is 274 g/mol. The molecule has 0 spiro atoms. The normalized spacial score (nSPS) is 11.0. The lowest BCUT2D eigenvalue weighted by molar-refractivity contribution is 0.136. The molecule has 0 saturated carbocycles. The Balaban J connectivity index is 1.94. The van der Waals surface area contributed by atoms with E-state index in [0.717, 1.165) is 11.1 Å². The summed E-state index contributed by atoms with van der Waals surface area (Å²) in [5.41, 5.74) is 1.98. The molecule has 0 bridgehead atoms. The molecule has 0 heterocycles. The lowest BCUT2D eigenvalue weighted by atomic mass is 10.0. The first-order chi connectivity index (χ1) is 10.8. The van der Waals surface area contributed by atoms with Crippen LogP contribution in [-0.4, -0.2) is 6.09 Å². The summed E-state index contributed by atoms with van der Waals surface area (Å²) < 4.78 is 5.26. The first-order valence-corrected chi connectivity index (χ1v) is 7.21. The van der Waals surface area contributed by atoms with Crippen LogP contribution < -0.4 is 5.32 Å². The maximum atomic E-state index is 12.0. The van der Waals surface area contributed by atoms with E-state index in [9.17, 15) is 4.79 Å². The number of carbonyl (C=O) groups is 1. The van der Waals surface area contributed by atoms with Crippen LogP contribution in [0.15, 0.2) is 60.7 Å². The van der Waals surface area contributed by atoms with Gasteiger partial charge in [-0.2, -0.15) is 0 Å². The van der Waals surface area contributed by atoms with Crippen LogP contribution in [0.2, 0.25) is 0 Å². The molecule has 22 heavy (non-hydrogen) atoms. The highest BCUT2D eigenvalue weighted by molar-refractivity contribution is 5.68. The van der Waals surface area contributed by atoms with E-state index in [2.05, 4.69) is 17.2 Å². The smallest absolute Gasteiger partial charge is 0.407 e. The molecule has 0 aliphatic rings. The Morgan fingerprint density at radius 2 is 1.73 bits per heavy atom. The minimum absolute atomic E-state index is 0.170. The number of alkyl carbamates (subject to hydrolysis) is 1. The first-order valence-electron chi connectivity index (χ1n) is 7.21. The maximum Gasteiger partial charge on any atom is 0.407 e. The minimum atomic E-state index is -0.435. The molecular formula is C19H19NO2. The molecule has 0 radical (unpaired) electrons. The van der Waals surface area contributed by atoms with Gasteiger partial charge in [-0.25, -0.2) is 4.79 Å². The van der Waals surface area contributed by atoms with Crippen molar-refractivity contribution in [2.24, 2.45) is 0 Å². The molecule has 1 unspecified atom stereocenters. The van der Waals surface area contributed by atoms with Crippen molar-refractivity contribution >= 4 is 6.09 Å². The second-order valence-corrected chi connectivity index (χ2v) is 4.80. The Hall–Kier alpha value is -2.73. The van der Waals surface area contributed by atoms with Gasteiger partial charge in [0.15, 0.2) is 0 Å². The SMILES string of the molecule is CC#CCC(NC(=O)OCc1ccccc1)c1ccccc1. The third kappa shape index (κ3) is 4.99. The average molecular weight is 293 g/mol. The molecule has 1 atom stereocenters. The number of rotatable bonds is 5. The summed E-state index contributed by atoms with van der Waals surface area (Å²) in [5, 5.41) is 2.87. The second-order valence-electron chi connectivity index (χ2n) is 4.80. The van der Waals surface area contributed by atoms with Gasteiger partial charge in [-0.3, -0.25) is 0 Å². The van der Waals surface area contributed by atoms with Crippen LogP contribution in [-0.2, 0) is 11.3 Å². The van der Waals surface area contributed by atoms with Crippen molar-refractivity contribution in [3.63, 3.8) is 0 Å². The molecule has 2 aromatic carbocycles. The van der Waals surface area contributed by atoms with E-state index in [4.69, 9.17) is 4.74 Å². The van der Waals surface area contributed by atoms with Gasteiger partial charge in [-0.15, -0.1) is 11.8 Å². The van der Waals surface area contributed by atoms with Gasteiger partial charge in [0.1, 0.15) is 6.61 Å². The summed E-state index contributed by atoms with van der Waals surface area (Å²) in [6, 6.07) is 19.2. The van der Waals surface area contributed by atoms with Gasteiger partial charge in [-0.05, 0) is 18.1 Å². The number of carbonyl (C=O) groups excluding carboxylic acids is 1. The highest BCUT2D eigenvalue weighted by atomic mass is 16.5. The molecule has 2 aromatic rings. The van der Waals surface area contributed by atoms with Crippen LogP contribution in [0, 0.1) is 11.8 Å². The summed E-state index contributed by atoms with van der Waals surface area (Å²) in [5.74, 6) is 5.86. The maximum absolute atomic E-state index is 12.0. The van der Waals surface area contributed by atoms with Crippen LogP contribution in [0.4, 0.5) is 4.79 Å². The molecule has 0 aliphatic heterocycles. The standard InChI is InChI=1S/C19H19NO2/c1-2-3-14-18(17-12-8-5-9-13-17)20-19(21)22-15-16-10-6-4-7-11-16/h4-13,18H,14-15H2,1H3,(H,20,21). The number of ether oxygens (including phenoxy) is 1. The topological polar surface area (TPSA) is 38.3 Å². The zero-order valence-corrected chi connectivity index (χ0v) is 12.6. The van der Waals surface area contributed by atoms with Crippen molar-refractivity contribution in [3.05, 3.63) is 71.8 Å². The van der Waals surface area contributed by atoms with Crippen LogP contribution in [0.1, 0.15) is 30.5 Å². The summed E-state index contributed by atoms with van der Waals surface area (Å²) in [6.07, 6.45) is 0.122. The summed E-state index contributed by atoms with van der Waals surface area (Å²) >= 11 is 0. The average Bonchev–Trinajstić information content (AvgIpc) is 2.58. The number of nitrogens with one attached hydrogen (secondary N) is 1. The Kier molecular flexibility index (Phi) is 6.07. The largest absolute Gasteiger partial charge is 0.445 e. The number of hydrogen-bond donors (Lipinski definition) is 1. The molecule has 2 rings (SSSR count). The Bertz CT molecular complexity index is 641. The van der Waals surface area contributed by atoms with Crippen molar-refractivity contribution in [3.8, 4) is 11.8 Å². The second kappa shape index (κ2) is 8.53. The van der Waals surface area contributed by atoms with Crippen LogP contribution in [0.5, 0.6) is 0 Å². The van der Waals surface area contributed by atoms with E-state index in [1.807, 2.05) is 60.7 Å². The lowest BCUT2D eigenvalue weighted by Gasteiger charge is -2.17. The third-order valence-corrected chi connectivity index (χ3v) is 3.19. The monoisotopic (exact) mass is 293 g/mol. The van der Waals surface area contributed by atoms with Crippen LogP contribution >= 0.6 is 0 Å². The van der Waals surface area contributed by atoms with Crippen molar-refractivity contribution in [1.29, 1.82) is 0 Å². The van der Waals surface area contributed by atoms with Gasteiger partial charge >= 0.3 is 6.09 Å². The zero-order valence-electron chi connectivity index (χ0n) is 12.6. The van der Waals surface area contributed by atoms with E-state index >= 15 is 0 Å². The highest BCUT2D eigenvalue weighted by Crippen LogP contribution is 2.16. The van der Waals surface area contributed by atoms with E-state index in [1.165, 1.54) is 0 Å². The van der Waals surface area contributed by atoms with E-state index in [1.54, 1.807) is 6.92 Å². The van der Waals surface area contributed by atoms with Crippen LogP contribution in [0.3, 0.4) is 0 Å². The van der Waals surface area contributed by atoms with Crippen molar-refractivity contribution < 1.29 is 9.53 Å². The van der Waals surface area contributed by atoms with Gasteiger partial charge in [0.05, 0.1) is 6.04 Å². The molecule has 0 aromatic heterocycles. The summed E-state index contributed by atoms with van der Waals surface area (Å²) in [4.78, 5) is 12.0. The van der Waals surface area contributed by atoms with Crippen LogP contribution in [0.25, 0.3) is 0 Å². The van der Waals surface area contributed by atoms with E-state index < -0.39 is 6.09 Å². The molecule has 3 heteroatoms. The fourth-order valence-electron chi connectivity index (χ4n) is 2.05. The molecule has 0 aliphatic carbocycles. The van der Waals surface area contributed by atoms with Gasteiger partial charge in [0.25, 0.3) is 0 Å². The number of benzene rings is 2. The number of hydrogen-bond acceptors (Lipinski definition) is 2. The molecule has 1 amide bonds. The quantitative estimate of drug-likeness (QED) is 0.844. The third-order valence-electron chi connectivity index (χ3n) is 3.19. The van der Waals surface area contributed by atoms with E-state index in [0.29, 0.717) is 6.42 Å². The first kappa shape index (κ1) is 15.7. The summed E-state index contributed by atoms with van der Waals surface area (Å²) in [7, 11) is 0. The fraction of sp³-hybridized carbons (Fsp3) is 0.211.